The summed E-state index contributed by atoms with van der Waals surface area (Å²) in [6.07, 6.45) is -0.172. The van der Waals surface area contributed by atoms with E-state index in [2.05, 4.69) is 0 Å². The Morgan fingerprint density at radius 2 is 1.92 bits per heavy atom. The van der Waals surface area contributed by atoms with Crippen LogP contribution in [0.2, 0.25) is 0 Å². The van der Waals surface area contributed by atoms with Crippen molar-refractivity contribution in [2.24, 2.45) is 5.73 Å². The number of rotatable bonds is 0. The molecule has 4 heteroatoms. The van der Waals surface area contributed by atoms with E-state index in [9.17, 15) is 4.79 Å². The van der Waals surface area contributed by atoms with Crippen LogP contribution in [0.3, 0.4) is 0 Å². The number of nitrogens with zero attached hydrogens (tertiary/aromatic N) is 1. The van der Waals surface area contributed by atoms with E-state index in [1.54, 1.807) is 0 Å². The third-order valence-corrected chi connectivity index (χ3v) is 2.11. The van der Waals surface area contributed by atoms with Crippen LogP contribution >= 0.6 is 0 Å². The summed E-state index contributed by atoms with van der Waals surface area (Å²) >= 11 is 0. The highest BCUT2D eigenvalue weighted by molar-refractivity contribution is 5.60. The number of quaternary nitrogens is 1. The summed E-state index contributed by atoms with van der Waals surface area (Å²) in [5, 5.41) is 0. The van der Waals surface area contributed by atoms with Crippen molar-refractivity contribution in [3.05, 3.63) is 0 Å². The summed E-state index contributed by atoms with van der Waals surface area (Å²) in [7, 11) is 1.86. The monoisotopic (exact) mass is 187 g/mol. The largest absolute Gasteiger partial charge is 0.516 e. The molecule has 0 atom stereocenters. The van der Waals surface area contributed by atoms with Crippen molar-refractivity contribution < 1.29 is 14.0 Å². The zero-order valence-corrected chi connectivity index (χ0v) is 8.83. The Hall–Kier alpha value is -0.610. The first-order valence-electron chi connectivity index (χ1n) is 4.57. The minimum Gasteiger partial charge on any atom is -0.414 e. The maximum absolute atomic E-state index is 11.6. The fraction of sp³-hybridized carbons (Fsp3) is 0.889. The molecular weight excluding hydrogens is 168 g/mol. The summed E-state index contributed by atoms with van der Waals surface area (Å²) in [5.41, 5.74) is 5.23. The fourth-order valence-electron chi connectivity index (χ4n) is 1.50. The molecule has 0 aliphatic carbocycles. The van der Waals surface area contributed by atoms with E-state index < -0.39 is 5.60 Å². The molecule has 1 aliphatic heterocycles. The Morgan fingerprint density at radius 1 is 1.46 bits per heavy atom. The Bertz CT molecular complexity index is 214. The van der Waals surface area contributed by atoms with Gasteiger partial charge in [0.2, 0.25) is 0 Å². The Kier molecular flexibility index (Phi) is 2.38. The van der Waals surface area contributed by atoms with Gasteiger partial charge in [-0.25, -0.2) is 4.48 Å². The van der Waals surface area contributed by atoms with Crippen LogP contribution in [0.4, 0.5) is 4.79 Å². The average Bonchev–Trinajstić information content (AvgIpc) is 1.80. The van der Waals surface area contributed by atoms with Crippen molar-refractivity contribution in [3.8, 4) is 0 Å². The van der Waals surface area contributed by atoms with E-state index in [0.29, 0.717) is 17.6 Å². The molecule has 0 aromatic rings. The van der Waals surface area contributed by atoms with Crippen LogP contribution in [0.15, 0.2) is 0 Å². The SMILES string of the molecule is CC(C)(C)OC(=O)[N+]1(C)CC(N)C1. The van der Waals surface area contributed by atoms with Crippen LogP contribution in [0.1, 0.15) is 20.8 Å². The van der Waals surface area contributed by atoms with Gasteiger partial charge in [-0.05, 0) is 20.8 Å². The molecule has 0 aromatic carbocycles. The third-order valence-electron chi connectivity index (χ3n) is 2.11. The van der Waals surface area contributed by atoms with Crippen molar-refractivity contribution in [3.63, 3.8) is 0 Å². The molecule has 13 heavy (non-hydrogen) atoms. The summed E-state index contributed by atoms with van der Waals surface area (Å²) < 4.78 is 5.59. The van der Waals surface area contributed by atoms with Crippen LogP contribution < -0.4 is 5.73 Å². The number of likely N-dealkylation sites (tertiary alicyclic amines) is 1. The van der Waals surface area contributed by atoms with E-state index in [0.717, 1.165) is 0 Å². The lowest BCUT2D eigenvalue weighted by atomic mass is 10.1. The van der Waals surface area contributed by atoms with Gasteiger partial charge in [-0.2, -0.15) is 4.79 Å². The molecule has 1 heterocycles. The van der Waals surface area contributed by atoms with Crippen LogP contribution in [-0.4, -0.2) is 42.4 Å². The van der Waals surface area contributed by atoms with Gasteiger partial charge in [-0.1, -0.05) is 0 Å². The number of ether oxygens (including phenoxy) is 1. The molecule has 1 saturated heterocycles. The van der Waals surface area contributed by atoms with Gasteiger partial charge in [-0.3, -0.25) is 0 Å². The van der Waals surface area contributed by atoms with E-state index in [-0.39, 0.29) is 12.1 Å². The molecule has 0 spiro atoms. The van der Waals surface area contributed by atoms with Gasteiger partial charge in [0.15, 0.2) is 0 Å². The third kappa shape index (κ3) is 2.42. The molecular formula is C9H19N2O2+. The molecule has 1 rings (SSSR count). The van der Waals surface area contributed by atoms with Crippen LogP contribution in [-0.2, 0) is 4.74 Å². The number of hydrogen-bond acceptors (Lipinski definition) is 3. The molecule has 4 nitrogen and oxygen atoms in total. The highest BCUT2D eigenvalue weighted by Gasteiger charge is 2.47. The number of likely N-dealkylation sites (N-methyl/N-ethyl adjacent to an activating group) is 1. The van der Waals surface area contributed by atoms with E-state index >= 15 is 0 Å². The van der Waals surface area contributed by atoms with Gasteiger partial charge in [0.25, 0.3) is 0 Å². The predicted octanol–water partition coefficient (Wildman–Crippen LogP) is 0.709. The quantitative estimate of drug-likeness (QED) is 0.568. The van der Waals surface area contributed by atoms with Crippen molar-refractivity contribution in [2.75, 3.05) is 20.1 Å². The number of carbonyl (C=O) groups is 1. The molecule has 1 aliphatic rings. The first-order chi connectivity index (χ1) is 5.73. The van der Waals surface area contributed by atoms with Crippen molar-refractivity contribution in [2.45, 2.75) is 32.4 Å². The van der Waals surface area contributed by atoms with Crippen molar-refractivity contribution in [1.82, 2.24) is 0 Å². The summed E-state index contributed by atoms with van der Waals surface area (Å²) in [5.74, 6) is 0. The Morgan fingerprint density at radius 3 is 2.23 bits per heavy atom. The molecule has 0 bridgehead atoms. The molecule has 0 aromatic heterocycles. The number of hydrogen-bond donors (Lipinski definition) is 1. The zero-order valence-electron chi connectivity index (χ0n) is 8.83. The maximum atomic E-state index is 11.6. The predicted molar refractivity (Wildman–Crippen MR) is 50.1 cm³/mol. The highest BCUT2D eigenvalue weighted by atomic mass is 16.6. The molecule has 0 radical (unpaired) electrons. The van der Waals surface area contributed by atoms with Gasteiger partial charge in [-0.15, -0.1) is 0 Å². The fourth-order valence-corrected chi connectivity index (χ4v) is 1.50. The number of amides is 1. The second-order valence-electron chi connectivity index (χ2n) is 5.00. The van der Waals surface area contributed by atoms with Crippen molar-refractivity contribution >= 4 is 6.09 Å². The number of carbonyl (C=O) groups excluding carboxylic acids is 1. The van der Waals surface area contributed by atoms with Crippen LogP contribution in [0.25, 0.3) is 0 Å². The van der Waals surface area contributed by atoms with Gasteiger partial charge in [0, 0.05) is 0 Å². The van der Waals surface area contributed by atoms with E-state index in [4.69, 9.17) is 10.5 Å². The Balaban J connectivity index is 2.50. The van der Waals surface area contributed by atoms with Crippen LogP contribution in [0, 0.1) is 0 Å². The van der Waals surface area contributed by atoms with Crippen LogP contribution in [0.5, 0.6) is 0 Å². The minimum absolute atomic E-state index is 0.150. The minimum atomic E-state index is -0.405. The second-order valence-corrected chi connectivity index (χ2v) is 5.00. The van der Waals surface area contributed by atoms with Gasteiger partial charge >= 0.3 is 6.09 Å². The molecule has 1 amide bonds. The molecule has 76 valence electrons. The highest BCUT2D eigenvalue weighted by Crippen LogP contribution is 2.21. The lowest BCUT2D eigenvalue weighted by Gasteiger charge is -2.42. The summed E-state index contributed by atoms with van der Waals surface area (Å²) in [6.45, 7) is 6.99. The zero-order chi connectivity index (χ0) is 10.3. The molecule has 2 N–H and O–H groups in total. The average molecular weight is 187 g/mol. The first-order valence-corrected chi connectivity index (χ1v) is 4.57. The second kappa shape index (κ2) is 2.96. The summed E-state index contributed by atoms with van der Waals surface area (Å²) in [4.78, 5) is 11.6. The number of nitrogens with two attached hydrogens (primary N) is 1. The van der Waals surface area contributed by atoms with Gasteiger partial charge < -0.3 is 10.5 Å². The smallest absolute Gasteiger partial charge is 0.414 e. The molecule has 1 fully saturated rings. The molecule has 0 unspecified atom stereocenters. The summed E-state index contributed by atoms with van der Waals surface area (Å²) in [6, 6.07) is 0.150. The van der Waals surface area contributed by atoms with E-state index in [1.807, 2.05) is 27.8 Å². The topological polar surface area (TPSA) is 52.3 Å². The van der Waals surface area contributed by atoms with Gasteiger partial charge in [0.1, 0.15) is 24.7 Å². The van der Waals surface area contributed by atoms with Crippen molar-refractivity contribution in [1.29, 1.82) is 0 Å². The standard InChI is InChI=1S/C9H19N2O2/c1-9(2,3)13-8(12)11(4)5-7(10)6-11/h7H,5-6,10H2,1-4H3/q+1. The van der Waals surface area contributed by atoms with Gasteiger partial charge in [0.05, 0.1) is 7.05 Å². The Labute approximate surface area is 79.2 Å². The van der Waals surface area contributed by atoms with E-state index in [1.165, 1.54) is 0 Å². The normalized spacial score (nSPS) is 33.8. The lowest BCUT2D eigenvalue weighted by molar-refractivity contribution is -0.880. The lowest BCUT2D eigenvalue weighted by Crippen LogP contribution is -2.70. The maximum Gasteiger partial charge on any atom is 0.516 e. The molecule has 0 saturated carbocycles. The first kappa shape index (κ1) is 10.5.